The Bertz CT molecular complexity index is 363. The molecule has 0 spiro atoms. The summed E-state index contributed by atoms with van der Waals surface area (Å²) in [5.41, 5.74) is 0. The second kappa shape index (κ2) is 4.53. The van der Waals surface area contributed by atoms with Gasteiger partial charge in [0.15, 0.2) is 0 Å². The second-order valence-electron chi connectivity index (χ2n) is 5.89. The monoisotopic (exact) mass is 251 g/mol. The van der Waals surface area contributed by atoms with Crippen LogP contribution in [0.4, 0.5) is 0 Å². The van der Waals surface area contributed by atoms with Gasteiger partial charge in [0, 0.05) is 24.9 Å². The topological polar surface area (TPSA) is 61.4 Å². The lowest BCUT2D eigenvalue weighted by molar-refractivity contribution is -0.128. The van der Waals surface area contributed by atoms with Crippen molar-refractivity contribution in [1.82, 2.24) is 15.5 Å². The van der Waals surface area contributed by atoms with E-state index in [9.17, 15) is 9.59 Å². The van der Waals surface area contributed by atoms with Gasteiger partial charge in [0.1, 0.15) is 0 Å². The number of nitrogens with one attached hydrogen (secondary N) is 2. The molecule has 0 aromatic rings. The second-order valence-corrected chi connectivity index (χ2v) is 5.89. The number of carbonyl (C=O) groups excluding carboxylic acids is 2. The van der Waals surface area contributed by atoms with Gasteiger partial charge in [0.05, 0.1) is 6.04 Å². The van der Waals surface area contributed by atoms with Crippen molar-refractivity contribution in [3.05, 3.63) is 0 Å². The zero-order valence-electron chi connectivity index (χ0n) is 10.8. The van der Waals surface area contributed by atoms with Crippen LogP contribution in [0.2, 0.25) is 0 Å². The van der Waals surface area contributed by atoms with Crippen molar-refractivity contribution in [3.8, 4) is 0 Å². The molecule has 5 heteroatoms. The van der Waals surface area contributed by atoms with Gasteiger partial charge in [-0.15, -0.1) is 0 Å². The fourth-order valence-electron chi connectivity index (χ4n) is 2.78. The summed E-state index contributed by atoms with van der Waals surface area (Å²) in [4.78, 5) is 25.8. The number of hydrogen-bond acceptors (Lipinski definition) is 3. The van der Waals surface area contributed by atoms with Gasteiger partial charge in [-0.3, -0.25) is 9.59 Å². The molecule has 2 unspecified atom stereocenters. The van der Waals surface area contributed by atoms with Crippen LogP contribution in [0.15, 0.2) is 0 Å². The zero-order valence-corrected chi connectivity index (χ0v) is 10.8. The van der Waals surface area contributed by atoms with Crippen molar-refractivity contribution in [2.45, 2.75) is 38.3 Å². The van der Waals surface area contributed by atoms with Crippen molar-refractivity contribution < 1.29 is 9.59 Å². The van der Waals surface area contributed by atoms with Crippen molar-refractivity contribution in [2.24, 2.45) is 11.8 Å². The Kier molecular flexibility index (Phi) is 3.01. The lowest BCUT2D eigenvalue weighted by Gasteiger charge is -2.32. The SMILES string of the molecule is CC(C(=O)NC1CC(=O)N(C2CC2)C1)C1CNC1. The van der Waals surface area contributed by atoms with Crippen LogP contribution in [0, 0.1) is 11.8 Å². The summed E-state index contributed by atoms with van der Waals surface area (Å²) in [5.74, 6) is 0.829. The van der Waals surface area contributed by atoms with Crippen LogP contribution in [-0.4, -0.2) is 48.4 Å². The van der Waals surface area contributed by atoms with Crippen molar-refractivity contribution in [2.75, 3.05) is 19.6 Å². The van der Waals surface area contributed by atoms with E-state index in [2.05, 4.69) is 10.6 Å². The van der Waals surface area contributed by atoms with Crippen molar-refractivity contribution >= 4 is 11.8 Å². The zero-order chi connectivity index (χ0) is 12.7. The van der Waals surface area contributed by atoms with E-state index >= 15 is 0 Å². The fraction of sp³-hybridized carbons (Fsp3) is 0.846. The van der Waals surface area contributed by atoms with Gasteiger partial charge in [-0.2, -0.15) is 0 Å². The maximum Gasteiger partial charge on any atom is 0.225 e. The van der Waals surface area contributed by atoms with Gasteiger partial charge >= 0.3 is 0 Å². The van der Waals surface area contributed by atoms with E-state index in [1.165, 1.54) is 0 Å². The van der Waals surface area contributed by atoms with Crippen LogP contribution < -0.4 is 10.6 Å². The van der Waals surface area contributed by atoms with E-state index in [-0.39, 0.29) is 23.8 Å². The molecular weight excluding hydrogens is 230 g/mol. The smallest absolute Gasteiger partial charge is 0.225 e. The minimum Gasteiger partial charge on any atom is -0.351 e. The van der Waals surface area contributed by atoms with Gasteiger partial charge < -0.3 is 15.5 Å². The standard InChI is InChI=1S/C13H21N3O2/c1-8(9-5-14-6-9)13(18)15-10-4-12(17)16(7-10)11-2-3-11/h8-11,14H,2-7H2,1H3,(H,15,18). The molecule has 3 aliphatic rings. The summed E-state index contributed by atoms with van der Waals surface area (Å²) in [7, 11) is 0. The first-order chi connectivity index (χ1) is 8.65. The third-order valence-corrected chi connectivity index (χ3v) is 4.43. The summed E-state index contributed by atoms with van der Waals surface area (Å²) < 4.78 is 0. The molecule has 0 bridgehead atoms. The molecule has 2 atom stereocenters. The van der Waals surface area contributed by atoms with Crippen LogP contribution in [0.1, 0.15) is 26.2 Å². The minimum atomic E-state index is 0.0288. The largest absolute Gasteiger partial charge is 0.351 e. The molecule has 1 aliphatic carbocycles. The Hall–Kier alpha value is -1.10. The van der Waals surface area contributed by atoms with E-state index in [0.29, 0.717) is 24.9 Å². The van der Waals surface area contributed by atoms with Gasteiger partial charge in [0.25, 0.3) is 0 Å². The number of nitrogens with zero attached hydrogens (tertiary/aromatic N) is 1. The molecule has 2 saturated heterocycles. The Morgan fingerprint density at radius 3 is 2.72 bits per heavy atom. The van der Waals surface area contributed by atoms with E-state index in [1.54, 1.807) is 0 Å². The highest BCUT2D eigenvalue weighted by Gasteiger charge is 2.40. The first kappa shape index (κ1) is 12.0. The van der Waals surface area contributed by atoms with Crippen LogP contribution >= 0.6 is 0 Å². The van der Waals surface area contributed by atoms with Gasteiger partial charge in [-0.05, 0) is 31.8 Å². The predicted octanol–water partition coefficient (Wildman–Crippen LogP) is -0.279. The summed E-state index contributed by atoms with van der Waals surface area (Å²) in [6.45, 7) is 4.57. The van der Waals surface area contributed by atoms with E-state index < -0.39 is 0 Å². The van der Waals surface area contributed by atoms with Crippen LogP contribution in [-0.2, 0) is 9.59 Å². The maximum atomic E-state index is 12.1. The molecule has 1 saturated carbocycles. The molecule has 100 valence electrons. The van der Waals surface area contributed by atoms with Gasteiger partial charge in [-0.25, -0.2) is 0 Å². The van der Waals surface area contributed by atoms with Crippen molar-refractivity contribution in [1.29, 1.82) is 0 Å². The molecule has 0 aromatic heterocycles. The average molecular weight is 251 g/mol. The molecule has 2 N–H and O–H groups in total. The first-order valence-electron chi connectivity index (χ1n) is 6.95. The number of carbonyl (C=O) groups is 2. The molecule has 18 heavy (non-hydrogen) atoms. The molecular formula is C13H21N3O2. The Labute approximate surface area is 107 Å². The number of amides is 2. The maximum absolute atomic E-state index is 12.1. The highest BCUT2D eigenvalue weighted by atomic mass is 16.2. The minimum absolute atomic E-state index is 0.0288. The molecule has 0 aromatic carbocycles. The van der Waals surface area contributed by atoms with Gasteiger partial charge in [0.2, 0.25) is 11.8 Å². The van der Waals surface area contributed by atoms with E-state index in [1.807, 2.05) is 11.8 Å². The molecule has 0 radical (unpaired) electrons. The normalized spacial score (nSPS) is 30.2. The lowest BCUT2D eigenvalue weighted by Crippen LogP contribution is -2.51. The lowest BCUT2D eigenvalue weighted by atomic mass is 9.88. The predicted molar refractivity (Wildman–Crippen MR) is 66.8 cm³/mol. The summed E-state index contributed by atoms with van der Waals surface area (Å²) in [6, 6.07) is 0.494. The number of rotatable bonds is 4. The molecule has 2 heterocycles. The molecule has 5 nitrogen and oxygen atoms in total. The molecule has 3 fully saturated rings. The summed E-state index contributed by atoms with van der Waals surface area (Å²) in [5, 5.41) is 6.23. The Morgan fingerprint density at radius 2 is 2.17 bits per heavy atom. The van der Waals surface area contributed by atoms with Crippen molar-refractivity contribution in [3.63, 3.8) is 0 Å². The summed E-state index contributed by atoms with van der Waals surface area (Å²) >= 11 is 0. The highest BCUT2D eigenvalue weighted by molar-refractivity contribution is 5.83. The Balaban J connectivity index is 1.50. The number of hydrogen-bond donors (Lipinski definition) is 2. The molecule has 2 amide bonds. The highest BCUT2D eigenvalue weighted by Crippen LogP contribution is 2.30. The van der Waals surface area contributed by atoms with Gasteiger partial charge in [-0.1, -0.05) is 6.92 Å². The first-order valence-corrected chi connectivity index (χ1v) is 6.95. The third kappa shape index (κ3) is 2.23. The quantitative estimate of drug-likeness (QED) is 0.722. The third-order valence-electron chi connectivity index (χ3n) is 4.43. The Morgan fingerprint density at radius 1 is 1.44 bits per heavy atom. The van der Waals surface area contributed by atoms with E-state index in [0.717, 1.165) is 25.9 Å². The average Bonchev–Trinajstić information content (AvgIpc) is 3.01. The van der Waals surface area contributed by atoms with E-state index in [4.69, 9.17) is 0 Å². The number of likely N-dealkylation sites (tertiary alicyclic amines) is 1. The van der Waals surface area contributed by atoms with Crippen LogP contribution in [0.25, 0.3) is 0 Å². The summed E-state index contributed by atoms with van der Waals surface area (Å²) in [6.07, 6.45) is 2.75. The van der Waals surface area contributed by atoms with Crippen LogP contribution in [0.5, 0.6) is 0 Å². The molecule has 2 aliphatic heterocycles. The van der Waals surface area contributed by atoms with Crippen LogP contribution in [0.3, 0.4) is 0 Å². The fourth-order valence-corrected chi connectivity index (χ4v) is 2.78. The molecule has 3 rings (SSSR count).